The van der Waals surface area contributed by atoms with Gasteiger partial charge in [-0.3, -0.25) is 0 Å². The molecule has 156 valence electrons. The van der Waals surface area contributed by atoms with Crippen LogP contribution < -0.4 is 18.9 Å². The number of halogens is 7. The first-order valence-corrected chi connectivity index (χ1v) is 11.1. The molecule has 0 bridgehead atoms. The molecule has 0 aliphatic heterocycles. The van der Waals surface area contributed by atoms with Crippen molar-refractivity contribution in [3.05, 3.63) is 23.2 Å². The van der Waals surface area contributed by atoms with Gasteiger partial charge < -0.3 is 4.55 Å². The molecule has 0 unspecified atom stereocenters. The molecule has 0 aliphatic carbocycles. The van der Waals surface area contributed by atoms with Crippen LogP contribution in [0.5, 0.6) is 0 Å². The third-order valence-corrected chi connectivity index (χ3v) is 7.29. The average Bonchev–Trinajstić information content (AvgIpc) is 2.43. The second-order valence-corrected chi connectivity index (χ2v) is 10.7. The molecule has 0 saturated carbocycles. The number of hydrogen-bond donors (Lipinski definition) is 0. The third-order valence-electron chi connectivity index (χ3n) is 3.00. The Morgan fingerprint density at radius 3 is 1.64 bits per heavy atom. The van der Waals surface area contributed by atoms with E-state index in [0.717, 1.165) is 0 Å². The van der Waals surface area contributed by atoms with E-state index in [4.69, 9.17) is 11.6 Å². The van der Waals surface area contributed by atoms with E-state index in [1.807, 2.05) is 0 Å². The molecule has 0 radical (unpaired) electrons. The second-order valence-electron chi connectivity index (χ2n) is 4.93. The normalized spacial score (nSPS) is 14.5. The van der Waals surface area contributed by atoms with Crippen molar-refractivity contribution in [1.82, 2.24) is 0 Å². The van der Waals surface area contributed by atoms with Crippen molar-refractivity contribution in [2.75, 3.05) is 6.26 Å². The molecule has 1 aromatic rings. The summed E-state index contributed by atoms with van der Waals surface area (Å²) in [6, 6.07) is 0.632. The summed E-state index contributed by atoms with van der Waals surface area (Å²) in [6.45, 7) is 0. The molecule has 0 N–H and O–H groups in total. The molecular formula is C10H6ClF6LiO7S3. The number of alkyl halides is 6. The summed E-state index contributed by atoms with van der Waals surface area (Å²) in [4.78, 5) is -2.63. The first kappa shape index (κ1) is 27.5. The number of benzene rings is 1. The van der Waals surface area contributed by atoms with Crippen molar-refractivity contribution in [3.8, 4) is 0 Å². The van der Waals surface area contributed by atoms with Crippen LogP contribution in [-0.4, -0.2) is 52.5 Å². The molecule has 0 amide bonds. The standard InChI is InChI=1S/C10H7ClF6O7S3.Li/c1-25(18,19)5-2-3-7(6(11)4-5)26(20,21)9(14,15)8(12,13)10(16,17)27(22,23)24;/h2-4H,1H3,(H,22,23,24);/q;+1/p-1. The van der Waals surface area contributed by atoms with Crippen molar-refractivity contribution in [2.24, 2.45) is 0 Å². The minimum Gasteiger partial charge on any atom is -0.743 e. The molecule has 7 nitrogen and oxygen atoms in total. The average molecular weight is 491 g/mol. The smallest absolute Gasteiger partial charge is 0.743 e. The van der Waals surface area contributed by atoms with Gasteiger partial charge in [-0.1, -0.05) is 11.6 Å². The summed E-state index contributed by atoms with van der Waals surface area (Å²) < 4.78 is 157. The zero-order valence-corrected chi connectivity index (χ0v) is 16.7. The van der Waals surface area contributed by atoms with E-state index >= 15 is 0 Å². The molecule has 18 heteroatoms. The number of rotatable bonds is 6. The van der Waals surface area contributed by atoms with E-state index in [0.29, 0.717) is 12.3 Å². The second kappa shape index (κ2) is 7.64. The summed E-state index contributed by atoms with van der Waals surface area (Å²) in [5, 5.41) is -15.2. The Morgan fingerprint density at radius 1 is 0.893 bits per heavy atom. The molecule has 0 fully saturated rings. The van der Waals surface area contributed by atoms with Gasteiger partial charge in [0.1, 0.15) is 0 Å². The minimum atomic E-state index is -7.41. The van der Waals surface area contributed by atoms with Gasteiger partial charge >= 0.3 is 35.3 Å². The Balaban J connectivity index is 0.00000729. The summed E-state index contributed by atoms with van der Waals surface area (Å²) in [5.74, 6) is -7.20. The first-order valence-electron chi connectivity index (χ1n) is 5.95. The van der Waals surface area contributed by atoms with Gasteiger partial charge in [0.25, 0.3) is 9.84 Å². The van der Waals surface area contributed by atoms with E-state index < -0.39 is 61.0 Å². The maximum absolute atomic E-state index is 13.8. The van der Waals surface area contributed by atoms with Gasteiger partial charge in [0, 0.05) is 6.26 Å². The molecule has 0 aliphatic rings. The van der Waals surface area contributed by atoms with E-state index in [9.17, 15) is 56.1 Å². The van der Waals surface area contributed by atoms with Crippen molar-refractivity contribution < 1.29 is 75.0 Å². The molecule has 1 aromatic carbocycles. The van der Waals surface area contributed by atoms with Crippen LogP contribution in [0.2, 0.25) is 5.02 Å². The van der Waals surface area contributed by atoms with Gasteiger partial charge in [0.05, 0.1) is 14.8 Å². The molecule has 0 spiro atoms. The maximum Gasteiger partial charge on any atom is 1.00 e. The topological polar surface area (TPSA) is 125 Å². The molecular weight excluding hydrogens is 485 g/mol. The zero-order chi connectivity index (χ0) is 21.9. The maximum atomic E-state index is 13.8. The fourth-order valence-corrected chi connectivity index (χ4v) is 4.57. The SMILES string of the molecule is CS(=O)(=O)c1ccc(S(=O)(=O)C(F)(F)C(F)(F)C(F)(F)S(=O)(=O)[O-])c(Cl)c1.[Li+]. The summed E-state index contributed by atoms with van der Waals surface area (Å²) in [7, 11) is -18.3. The zero-order valence-electron chi connectivity index (χ0n) is 13.5. The Labute approximate surface area is 171 Å². The van der Waals surface area contributed by atoms with Crippen LogP contribution in [0.4, 0.5) is 26.3 Å². The van der Waals surface area contributed by atoms with Crippen molar-refractivity contribution in [3.63, 3.8) is 0 Å². The largest absolute Gasteiger partial charge is 1.00 e. The van der Waals surface area contributed by atoms with Gasteiger partial charge in [-0.25, -0.2) is 25.3 Å². The Bertz CT molecular complexity index is 1090. The van der Waals surface area contributed by atoms with Crippen LogP contribution in [0.25, 0.3) is 0 Å². The quantitative estimate of drug-likeness (QED) is 0.281. The van der Waals surface area contributed by atoms with Gasteiger partial charge in [0.2, 0.25) is 0 Å². The molecule has 0 aromatic heterocycles. The minimum absolute atomic E-state index is 0. The van der Waals surface area contributed by atoms with E-state index in [1.165, 1.54) is 0 Å². The van der Waals surface area contributed by atoms with Gasteiger partial charge in [-0.2, -0.15) is 26.3 Å². The third kappa shape index (κ3) is 4.18. The molecule has 0 saturated heterocycles. The fourth-order valence-electron chi connectivity index (χ4n) is 1.56. The van der Waals surface area contributed by atoms with Crippen molar-refractivity contribution in [1.29, 1.82) is 0 Å². The fraction of sp³-hybridized carbons (Fsp3) is 0.400. The van der Waals surface area contributed by atoms with Crippen LogP contribution in [0.15, 0.2) is 28.0 Å². The van der Waals surface area contributed by atoms with Crippen LogP contribution in [-0.2, 0) is 29.8 Å². The number of hydrogen-bond acceptors (Lipinski definition) is 7. The van der Waals surface area contributed by atoms with Crippen molar-refractivity contribution in [2.45, 2.75) is 26.2 Å². The monoisotopic (exact) mass is 490 g/mol. The summed E-state index contributed by atoms with van der Waals surface area (Å²) >= 11 is 5.29. The Morgan fingerprint density at radius 2 is 1.32 bits per heavy atom. The molecule has 0 atom stereocenters. The Kier molecular flexibility index (Phi) is 7.50. The first-order chi connectivity index (χ1) is 11.6. The molecule has 1 rings (SSSR count). The number of sulfone groups is 2. The summed E-state index contributed by atoms with van der Waals surface area (Å²) in [5.41, 5.74) is 0. The van der Waals surface area contributed by atoms with Crippen LogP contribution in [0, 0.1) is 0 Å². The van der Waals surface area contributed by atoms with Crippen molar-refractivity contribution >= 4 is 41.4 Å². The van der Waals surface area contributed by atoms with E-state index in [-0.39, 0.29) is 31.0 Å². The van der Waals surface area contributed by atoms with Crippen LogP contribution in [0.3, 0.4) is 0 Å². The van der Waals surface area contributed by atoms with E-state index in [2.05, 4.69) is 0 Å². The van der Waals surface area contributed by atoms with Crippen LogP contribution in [0.1, 0.15) is 0 Å². The molecule has 28 heavy (non-hydrogen) atoms. The molecule has 0 heterocycles. The van der Waals surface area contributed by atoms with Gasteiger partial charge in [0.15, 0.2) is 20.0 Å². The van der Waals surface area contributed by atoms with Crippen LogP contribution >= 0.6 is 11.6 Å². The Hall–Kier alpha value is -0.503. The summed E-state index contributed by atoms with van der Waals surface area (Å²) in [6.07, 6.45) is 0.593. The van der Waals surface area contributed by atoms with Gasteiger partial charge in [-0.05, 0) is 18.2 Å². The van der Waals surface area contributed by atoms with E-state index in [1.54, 1.807) is 0 Å². The van der Waals surface area contributed by atoms with Gasteiger partial charge in [-0.15, -0.1) is 0 Å². The predicted octanol–water partition coefficient (Wildman–Crippen LogP) is -1.11. The predicted molar refractivity (Wildman–Crippen MR) is 76.3 cm³/mol.